The largest absolute Gasteiger partial charge is 0.0654 e. The van der Waals surface area contributed by atoms with E-state index in [0.29, 0.717) is 0 Å². The van der Waals surface area contributed by atoms with Gasteiger partial charge in [0.2, 0.25) is 0 Å². The van der Waals surface area contributed by atoms with Crippen molar-refractivity contribution in [3.63, 3.8) is 0 Å². The van der Waals surface area contributed by atoms with Gasteiger partial charge in [0.15, 0.2) is 0 Å². The van der Waals surface area contributed by atoms with E-state index >= 15 is 0 Å². The van der Waals surface area contributed by atoms with Crippen LogP contribution in [0.5, 0.6) is 0 Å². The highest BCUT2D eigenvalue weighted by molar-refractivity contribution is 4.86. The van der Waals surface area contributed by atoms with Crippen LogP contribution in [-0.2, 0) is 0 Å². The molecule has 1 aliphatic carbocycles. The average Bonchev–Trinajstić information content (AvgIpc) is 2.67. The minimum atomic E-state index is 0.922. The highest BCUT2D eigenvalue weighted by Crippen LogP contribution is 2.46. The average molecular weight is 168 g/mol. The third-order valence-corrected chi connectivity index (χ3v) is 3.02. The van der Waals surface area contributed by atoms with Gasteiger partial charge in [0.1, 0.15) is 0 Å². The van der Waals surface area contributed by atoms with E-state index in [4.69, 9.17) is 0 Å². The highest BCUT2D eigenvalue weighted by atomic mass is 14.4. The van der Waals surface area contributed by atoms with Gasteiger partial charge in [0.25, 0.3) is 0 Å². The Hall–Kier alpha value is 0. The van der Waals surface area contributed by atoms with Gasteiger partial charge in [-0.2, -0.15) is 0 Å². The molecule has 0 radical (unpaired) electrons. The number of hydrogen-bond acceptors (Lipinski definition) is 0. The van der Waals surface area contributed by atoms with E-state index in [0.717, 1.165) is 17.8 Å². The Balaban J connectivity index is 1.93. The van der Waals surface area contributed by atoms with Crippen LogP contribution in [-0.4, -0.2) is 0 Å². The number of unbranched alkanes of at least 4 members (excludes halogenated alkanes) is 2. The van der Waals surface area contributed by atoms with Crippen LogP contribution in [0.25, 0.3) is 0 Å². The molecule has 1 saturated carbocycles. The molecule has 0 heteroatoms. The summed E-state index contributed by atoms with van der Waals surface area (Å²) < 4.78 is 0. The molecule has 2 atom stereocenters. The van der Waals surface area contributed by atoms with Crippen molar-refractivity contribution in [3.8, 4) is 0 Å². The molecule has 12 heavy (non-hydrogen) atoms. The van der Waals surface area contributed by atoms with Crippen LogP contribution in [0, 0.1) is 17.8 Å². The summed E-state index contributed by atoms with van der Waals surface area (Å²) in [4.78, 5) is 0. The standard InChI is InChI=1S/C12H24/c1-4-5-6-7-11-9-12(11)8-10(2)3/h10-12H,4-9H2,1-3H3. The molecule has 0 spiro atoms. The molecule has 0 saturated heterocycles. The van der Waals surface area contributed by atoms with Crippen molar-refractivity contribution in [1.82, 2.24) is 0 Å². The Morgan fingerprint density at radius 1 is 1.17 bits per heavy atom. The highest BCUT2D eigenvalue weighted by Gasteiger charge is 2.35. The third kappa shape index (κ3) is 3.60. The molecule has 0 amide bonds. The topological polar surface area (TPSA) is 0 Å². The third-order valence-electron chi connectivity index (χ3n) is 3.02. The molecule has 72 valence electrons. The SMILES string of the molecule is CCCCCC1CC1CC(C)C. The van der Waals surface area contributed by atoms with Crippen LogP contribution in [0.1, 0.15) is 59.3 Å². The molecule has 0 heterocycles. The van der Waals surface area contributed by atoms with Gasteiger partial charge in [-0.3, -0.25) is 0 Å². The lowest BCUT2D eigenvalue weighted by Gasteiger charge is -2.02. The maximum atomic E-state index is 2.35. The van der Waals surface area contributed by atoms with Crippen molar-refractivity contribution >= 4 is 0 Å². The second kappa shape index (κ2) is 4.89. The summed E-state index contributed by atoms with van der Waals surface area (Å²) in [6, 6.07) is 0. The normalized spacial score (nSPS) is 28.0. The van der Waals surface area contributed by atoms with E-state index in [-0.39, 0.29) is 0 Å². The van der Waals surface area contributed by atoms with Gasteiger partial charge < -0.3 is 0 Å². The van der Waals surface area contributed by atoms with Crippen LogP contribution in [0.3, 0.4) is 0 Å². The zero-order valence-electron chi connectivity index (χ0n) is 8.97. The molecule has 1 aliphatic rings. The quantitative estimate of drug-likeness (QED) is 0.520. The van der Waals surface area contributed by atoms with Gasteiger partial charge in [0.05, 0.1) is 0 Å². The summed E-state index contributed by atoms with van der Waals surface area (Å²) in [7, 11) is 0. The van der Waals surface area contributed by atoms with Gasteiger partial charge in [0, 0.05) is 0 Å². The minimum Gasteiger partial charge on any atom is -0.0654 e. The second-order valence-corrected chi connectivity index (χ2v) is 4.88. The summed E-state index contributed by atoms with van der Waals surface area (Å²) in [5.41, 5.74) is 0. The van der Waals surface area contributed by atoms with Gasteiger partial charge in [-0.25, -0.2) is 0 Å². The molecule has 0 aromatic carbocycles. The van der Waals surface area contributed by atoms with Crippen molar-refractivity contribution in [1.29, 1.82) is 0 Å². The van der Waals surface area contributed by atoms with Crippen LogP contribution >= 0.6 is 0 Å². The molecule has 0 aromatic heterocycles. The summed E-state index contributed by atoms with van der Waals surface area (Å²) in [6.45, 7) is 6.99. The van der Waals surface area contributed by atoms with E-state index in [1.807, 2.05) is 0 Å². The fourth-order valence-corrected chi connectivity index (χ4v) is 2.21. The van der Waals surface area contributed by atoms with Crippen LogP contribution < -0.4 is 0 Å². The van der Waals surface area contributed by atoms with Crippen molar-refractivity contribution in [3.05, 3.63) is 0 Å². The summed E-state index contributed by atoms with van der Waals surface area (Å²) in [5, 5.41) is 0. The zero-order chi connectivity index (χ0) is 8.97. The fourth-order valence-electron chi connectivity index (χ4n) is 2.21. The van der Waals surface area contributed by atoms with Gasteiger partial charge >= 0.3 is 0 Å². The Kier molecular flexibility index (Phi) is 4.11. The van der Waals surface area contributed by atoms with E-state index in [1.54, 1.807) is 6.42 Å². The van der Waals surface area contributed by atoms with Gasteiger partial charge in [-0.15, -0.1) is 0 Å². The molecule has 0 aromatic rings. The van der Waals surface area contributed by atoms with Crippen LogP contribution in [0.15, 0.2) is 0 Å². The molecule has 0 nitrogen and oxygen atoms in total. The van der Waals surface area contributed by atoms with Crippen LogP contribution in [0.2, 0.25) is 0 Å². The maximum Gasteiger partial charge on any atom is -0.0381 e. The van der Waals surface area contributed by atoms with E-state index in [1.165, 1.54) is 32.1 Å². The minimum absolute atomic E-state index is 0.922. The summed E-state index contributed by atoms with van der Waals surface area (Å²) in [6.07, 6.45) is 8.85. The predicted molar refractivity (Wildman–Crippen MR) is 55.2 cm³/mol. The van der Waals surface area contributed by atoms with E-state index in [2.05, 4.69) is 20.8 Å². The molecule has 1 rings (SSSR count). The molecule has 0 bridgehead atoms. The van der Waals surface area contributed by atoms with E-state index in [9.17, 15) is 0 Å². The van der Waals surface area contributed by atoms with Crippen molar-refractivity contribution < 1.29 is 0 Å². The molecular weight excluding hydrogens is 144 g/mol. The lowest BCUT2D eigenvalue weighted by Crippen LogP contribution is -1.91. The fraction of sp³-hybridized carbons (Fsp3) is 1.00. The first-order chi connectivity index (χ1) is 5.74. The smallest absolute Gasteiger partial charge is 0.0381 e. The van der Waals surface area contributed by atoms with Gasteiger partial charge in [-0.1, -0.05) is 46.5 Å². The monoisotopic (exact) mass is 168 g/mol. The number of hydrogen-bond donors (Lipinski definition) is 0. The summed E-state index contributed by atoms with van der Waals surface area (Å²) >= 11 is 0. The van der Waals surface area contributed by atoms with Crippen molar-refractivity contribution in [2.75, 3.05) is 0 Å². The Bertz CT molecular complexity index is 115. The Morgan fingerprint density at radius 2 is 1.92 bits per heavy atom. The first kappa shape index (κ1) is 10.1. The lowest BCUT2D eigenvalue weighted by molar-refractivity contribution is 0.492. The zero-order valence-corrected chi connectivity index (χ0v) is 8.97. The second-order valence-electron chi connectivity index (χ2n) is 4.88. The van der Waals surface area contributed by atoms with Gasteiger partial charge in [-0.05, 0) is 30.6 Å². The van der Waals surface area contributed by atoms with Crippen molar-refractivity contribution in [2.24, 2.45) is 17.8 Å². The maximum absolute atomic E-state index is 2.35. The molecular formula is C12H24. The Labute approximate surface area is 77.7 Å². The molecule has 1 fully saturated rings. The van der Waals surface area contributed by atoms with E-state index < -0.39 is 0 Å². The first-order valence-corrected chi connectivity index (χ1v) is 5.74. The van der Waals surface area contributed by atoms with Crippen molar-refractivity contribution in [2.45, 2.75) is 59.3 Å². The molecule has 2 unspecified atom stereocenters. The summed E-state index contributed by atoms with van der Waals surface area (Å²) in [5.74, 6) is 3.16. The Morgan fingerprint density at radius 3 is 2.50 bits per heavy atom. The lowest BCUT2D eigenvalue weighted by atomic mass is 10.0. The first-order valence-electron chi connectivity index (χ1n) is 5.74. The molecule has 0 N–H and O–H groups in total. The number of rotatable bonds is 6. The van der Waals surface area contributed by atoms with Crippen LogP contribution in [0.4, 0.5) is 0 Å². The molecule has 0 aliphatic heterocycles. The predicted octanol–water partition coefficient (Wildman–Crippen LogP) is 4.25.